The zero-order valence-corrected chi connectivity index (χ0v) is 27.3. The number of para-hydroxylation sites is 2. The van der Waals surface area contributed by atoms with Crippen molar-refractivity contribution in [1.82, 2.24) is 30.6 Å². The molecule has 0 saturated carbocycles. The number of nitrogens with zero attached hydrogens (tertiary/aromatic N) is 4. The van der Waals surface area contributed by atoms with Gasteiger partial charge in [0.15, 0.2) is 0 Å². The lowest BCUT2D eigenvalue weighted by atomic mass is 9.88. The van der Waals surface area contributed by atoms with Gasteiger partial charge in [-0.2, -0.15) is 5.10 Å². The van der Waals surface area contributed by atoms with E-state index in [-0.39, 0.29) is 0 Å². The molecule has 0 spiro atoms. The Balaban J connectivity index is 1.40. The lowest BCUT2D eigenvalue weighted by Gasteiger charge is -2.21. The van der Waals surface area contributed by atoms with Crippen molar-refractivity contribution >= 4 is 66.0 Å². The van der Waals surface area contributed by atoms with Crippen LogP contribution in [0.4, 0.5) is 0 Å². The number of fused-ring (bicyclic) bond motifs is 4. The van der Waals surface area contributed by atoms with Crippen LogP contribution in [-0.4, -0.2) is 30.6 Å². The number of aromatic amines is 2. The van der Waals surface area contributed by atoms with Crippen LogP contribution in [0.1, 0.15) is 0 Å². The molecule has 0 radical (unpaired) electrons. The first kappa shape index (κ1) is 28.0. The number of hydrogen-bond acceptors (Lipinski definition) is 7. The maximum atomic E-state index is 6.21. The Hall–Kier alpha value is -6.03. The van der Waals surface area contributed by atoms with Crippen LogP contribution in [0, 0.1) is 0 Å². The van der Waals surface area contributed by atoms with Crippen molar-refractivity contribution in [2.75, 3.05) is 0 Å². The minimum atomic E-state index is 0.761. The molecule has 4 aromatic heterocycles. The van der Waals surface area contributed by atoms with Crippen LogP contribution in [0.25, 0.3) is 87.2 Å². The first-order valence-corrected chi connectivity index (χ1v) is 17.4. The highest BCUT2D eigenvalue weighted by molar-refractivity contribution is 7.99. The molecule has 232 valence electrons. The Labute approximate surface area is 287 Å². The zero-order chi connectivity index (χ0) is 32.3. The van der Waals surface area contributed by atoms with Gasteiger partial charge in [0, 0.05) is 37.4 Å². The summed E-state index contributed by atoms with van der Waals surface area (Å²) >= 11 is 3.42. The molecule has 0 aliphatic rings. The number of nitrogens with one attached hydrogen (secondary N) is 2. The summed E-state index contributed by atoms with van der Waals surface area (Å²) in [5.41, 5.74) is 9.17. The van der Waals surface area contributed by atoms with Gasteiger partial charge < -0.3 is 4.42 Å². The second-order valence-electron chi connectivity index (χ2n) is 11.7. The Bertz CT molecular complexity index is 2790. The van der Waals surface area contributed by atoms with Crippen molar-refractivity contribution in [1.29, 1.82) is 0 Å². The molecule has 0 atom stereocenters. The minimum absolute atomic E-state index is 0.761. The molecule has 10 aromatic rings. The highest BCUT2D eigenvalue weighted by atomic mass is 32.2. The third kappa shape index (κ3) is 4.58. The van der Waals surface area contributed by atoms with E-state index in [4.69, 9.17) is 14.5 Å². The molecule has 7 nitrogen and oxygen atoms in total. The van der Waals surface area contributed by atoms with Gasteiger partial charge in [0.05, 0.1) is 27.5 Å². The number of benzene rings is 6. The fraction of sp³-hybridized carbons (Fsp3) is 0. The SMILES string of the molecule is c1coc(-c2cc(-c3cccc4[nH]nnc34)c(-c3n[nH]c4ccccc34)c(-c3nc4ccccc4s3)c2Sc2cccc3ccccc23)c1. The molecule has 2 N–H and O–H groups in total. The van der Waals surface area contributed by atoms with Crippen molar-refractivity contribution in [2.24, 2.45) is 0 Å². The molecular formula is C40H24N6OS2. The topological polar surface area (TPSA) is 96.3 Å². The van der Waals surface area contributed by atoms with Crippen molar-refractivity contribution in [3.05, 3.63) is 134 Å². The fourth-order valence-electron chi connectivity index (χ4n) is 6.66. The number of H-pyrrole nitrogens is 2. The standard InChI is InChI=1S/C40H24N6OS2/c1-2-12-24-23(10-1)11-7-20-33(24)48-39-28(32-18-9-21-47-32)22-27(25-14-8-17-31-37(25)45-46-43-31)35(38-26-13-3-4-15-29(26)42-44-38)36(39)40-41-30-16-5-6-19-34(30)49-40/h1-22H,(H,42,44)(H,43,45,46). The molecule has 9 heteroatoms. The zero-order valence-electron chi connectivity index (χ0n) is 25.7. The van der Waals surface area contributed by atoms with E-state index in [9.17, 15) is 0 Å². The smallest absolute Gasteiger partial charge is 0.135 e. The molecule has 0 unspecified atom stereocenters. The van der Waals surface area contributed by atoms with E-state index in [1.807, 2.05) is 36.4 Å². The molecule has 0 saturated heterocycles. The summed E-state index contributed by atoms with van der Waals surface area (Å²) in [7, 11) is 0. The van der Waals surface area contributed by atoms with Crippen LogP contribution in [0.3, 0.4) is 0 Å². The summed E-state index contributed by atoms with van der Waals surface area (Å²) in [5.74, 6) is 0.761. The molecule has 0 amide bonds. The maximum Gasteiger partial charge on any atom is 0.135 e. The molecule has 49 heavy (non-hydrogen) atoms. The van der Waals surface area contributed by atoms with Crippen molar-refractivity contribution < 1.29 is 4.42 Å². The quantitative estimate of drug-likeness (QED) is 0.183. The molecule has 0 bridgehead atoms. The number of hydrogen-bond donors (Lipinski definition) is 2. The maximum absolute atomic E-state index is 6.21. The van der Waals surface area contributed by atoms with Crippen LogP contribution < -0.4 is 0 Å². The van der Waals surface area contributed by atoms with Crippen LogP contribution in [0.2, 0.25) is 0 Å². The Kier molecular flexibility index (Phi) is 6.46. The Morgan fingerprint density at radius 2 is 1.47 bits per heavy atom. The summed E-state index contributed by atoms with van der Waals surface area (Å²) in [4.78, 5) is 7.48. The van der Waals surface area contributed by atoms with Gasteiger partial charge in [-0.3, -0.25) is 10.2 Å². The van der Waals surface area contributed by atoms with Gasteiger partial charge >= 0.3 is 0 Å². The van der Waals surface area contributed by atoms with Gasteiger partial charge in [-0.05, 0) is 64.9 Å². The number of rotatable bonds is 6. The molecule has 0 aliphatic heterocycles. The summed E-state index contributed by atoms with van der Waals surface area (Å²) in [5, 5.41) is 24.4. The average molecular weight is 669 g/mol. The second kappa shape index (κ2) is 11.3. The van der Waals surface area contributed by atoms with Gasteiger partial charge in [0.25, 0.3) is 0 Å². The van der Waals surface area contributed by atoms with Crippen molar-refractivity contribution in [3.63, 3.8) is 0 Å². The molecule has 0 aliphatic carbocycles. The van der Waals surface area contributed by atoms with E-state index in [2.05, 4.69) is 112 Å². The summed E-state index contributed by atoms with van der Waals surface area (Å²) in [6, 6.07) is 43.9. The van der Waals surface area contributed by atoms with Crippen LogP contribution in [-0.2, 0) is 0 Å². The van der Waals surface area contributed by atoms with Crippen molar-refractivity contribution in [3.8, 4) is 44.3 Å². The second-order valence-corrected chi connectivity index (χ2v) is 13.8. The first-order valence-electron chi connectivity index (χ1n) is 15.8. The normalized spacial score (nSPS) is 11.8. The predicted octanol–water partition coefficient (Wildman–Crippen LogP) is 11.0. The van der Waals surface area contributed by atoms with Gasteiger partial charge in [-0.15, -0.1) is 16.4 Å². The Morgan fingerprint density at radius 1 is 0.653 bits per heavy atom. The molecule has 4 heterocycles. The van der Waals surface area contributed by atoms with Gasteiger partial charge in [-0.25, -0.2) is 4.98 Å². The first-order chi connectivity index (χ1) is 24.3. The molecule has 0 fully saturated rings. The fourth-order valence-corrected chi connectivity index (χ4v) is 8.98. The van der Waals surface area contributed by atoms with Crippen molar-refractivity contribution in [2.45, 2.75) is 9.79 Å². The summed E-state index contributed by atoms with van der Waals surface area (Å²) < 4.78 is 7.32. The van der Waals surface area contributed by atoms with E-state index < -0.39 is 0 Å². The summed E-state index contributed by atoms with van der Waals surface area (Å²) in [6.07, 6.45) is 1.73. The van der Waals surface area contributed by atoms with Crippen LogP contribution in [0.5, 0.6) is 0 Å². The van der Waals surface area contributed by atoms with E-state index in [1.165, 1.54) is 10.8 Å². The number of furan rings is 1. The predicted molar refractivity (Wildman–Crippen MR) is 199 cm³/mol. The van der Waals surface area contributed by atoms with E-state index in [1.54, 1.807) is 29.4 Å². The van der Waals surface area contributed by atoms with Gasteiger partial charge in [-0.1, -0.05) is 95.8 Å². The third-order valence-corrected chi connectivity index (χ3v) is 11.1. The monoisotopic (exact) mass is 668 g/mol. The highest BCUT2D eigenvalue weighted by Crippen LogP contribution is 2.54. The van der Waals surface area contributed by atoms with Gasteiger partial charge in [0.2, 0.25) is 0 Å². The van der Waals surface area contributed by atoms with Crippen LogP contribution in [0.15, 0.2) is 148 Å². The lowest BCUT2D eigenvalue weighted by molar-refractivity contribution is 0.581. The lowest BCUT2D eigenvalue weighted by Crippen LogP contribution is -1.98. The summed E-state index contributed by atoms with van der Waals surface area (Å²) in [6.45, 7) is 0. The highest BCUT2D eigenvalue weighted by Gasteiger charge is 2.29. The minimum Gasteiger partial charge on any atom is -0.464 e. The molecule has 10 rings (SSSR count). The van der Waals surface area contributed by atoms with E-state index >= 15 is 0 Å². The van der Waals surface area contributed by atoms with Crippen LogP contribution >= 0.6 is 23.1 Å². The van der Waals surface area contributed by atoms with E-state index in [0.717, 1.165) is 86.2 Å². The number of thiazole rings is 1. The molecular weight excluding hydrogens is 645 g/mol. The number of aromatic nitrogens is 6. The Morgan fingerprint density at radius 3 is 2.39 bits per heavy atom. The largest absolute Gasteiger partial charge is 0.464 e. The third-order valence-electron chi connectivity index (χ3n) is 8.89. The van der Waals surface area contributed by atoms with E-state index in [0.29, 0.717) is 0 Å². The molecule has 6 aromatic carbocycles. The average Bonchev–Trinajstić information content (AvgIpc) is 3.98. The van der Waals surface area contributed by atoms with Gasteiger partial charge in [0.1, 0.15) is 22.0 Å².